The Balaban J connectivity index is 2.62. The average molecular weight is 263 g/mol. The van der Waals surface area contributed by atoms with Crippen LogP contribution in [0.1, 0.15) is 50.5 Å². The number of carbonyl (C=O) groups is 1. The fourth-order valence-corrected chi connectivity index (χ4v) is 1.67. The maximum Gasteiger partial charge on any atom is 0.270 e. The summed E-state index contributed by atoms with van der Waals surface area (Å²) in [4.78, 5) is 18.3. The molecular formula is C15H25N3O. The molecular weight excluding hydrogens is 238 g/mol. The summed E-state index contributed by atoms with van der Waals surface area (Å²) in [7, 11) is 2.05. The molecule has 1 amide bonds. The first-order valence-electron chi connectivity index (χ1n) is 7.06. The van der Waals surface area contributed by atoms with E-state index >= 15 is 0 Å². The van der Waals surface area contributed by atoms with E-state index in [4.69, 9.17) is 0 Å². The zero-order chi connectivity index (χ0) is 14.3. The Morgan fingerprint density at radius 2 is 2.16 bits per heavy atom. The number of rotatable bonds is 7. The molecule has 0 aliphatic carbocycles. The Morgan fingerprint density at radius 1 is 1.42 bits per heavy atom. The van der Waals surface area contributed by atoms with Gasteiger partial charge in [-0.1, -0.05) is 20.3 Å². The van der Waals surface area contributed by atoms with Gasteiger partial charge >= 0.3 is 0 Å². The Hall–Kier alpha value is -1.58. The summed E-state index contributed by atoms with van der Waals surface area (Å²) in [5.74, 6) is -0.0999. The second kappa shape index (κ2) is 7.77. The Morgan fingerprint density at radius 3 is 2.68 bits per heavy atom. The maximum absolute atomic E-state index is 11.9. The van der Waals surface area contributed by atoms with Gasteiger partial charge < -0.3 is 10.2 Å². The van der Waals surface area contributed by atoms with Crippen molar-refractivity contribution >= 4 is 11.6 Å². The van der Waals surface area contributed by atoms with E-state index < -0.39 is 0 Å². The van der Waals surface area contributed by atoms with Crippen molar-refractivity contribution in [1.82, 2.24) is 10.3 Å². The normalized spacial score (nSPS) is 12.0. The first kappa shape index (κ1) is 15.5. The van der Waals surface area contributed by atoms with E-state index in [1.54, 1.807) is 12.3 Å². The summed E-state index contributed by atoms with van der Waals surface area (Å²) in [5.41, 5.74) is 1.53. The molecule has 0 aliphatic heterocycles. The third-order valence-corrected chi connectivity index (χ3v) is 3.26. The molecule has 4 nitrogen and oxygen atoms in total. The lowest BCUT2D eigenvalue weighted by Crippen LogP contribution is -2.32. The van der Waals surface area contributed by atoms with Crippen molar-refractivity contribution < 1.29 is 4.79 Å². The van der Waals surface area contributed by atoms with Crippen LogP contribution < -0.4 is 10.2 Å². The molecule has 1 heterocycles. The molecule has 0 aromatic carbocycles. The van der Waals surface area contributed by atoms with E-state index in [0.717, 1.165) is 25.1 Å². The predicted octanol–water partition coefficient (Wildman–Crippen LogP) is 2.85. The average Bonchev–Trinajstić information content (AvgIpc) is 2.44. The highest BCUT2D eigenvalue weighted by Crippen LogP contribution is 2.12. The van der Waals surface area contributed by atoms with Crippen LogP contribution in [0.2, 0.25) is 0 Å². The summed E-state index contributed by atoms with van der Waals surface area (Å²) in [5, 5.41) is 2.91. The minimum absolute atomic E-state index is 0.0999. The standard InChI is InChI=1S/C15H25N3O/c1-5-7-10-18(4)13-8-9-14(16-11-13)15(19)17-12(3)6-2/h8-9,11-12H,5-7,10H2,1-4H3,(H,17,19). The highest BCUT2D eigenvalue weighted by Gasteiger charge is 2.10. The lowest BCUT2D eigenvalue weighted by Gasteiger charge is -2.18. The van der Waals surface area contributed by atoms with Gasteiger partial charge in [0.15, 0.2) is 0 Å². The predicted molar refractivity (Wildman–Crippen MR) is 79.6 cm³/mol. The molecule has 1 aromatic heterocycles. The van der Waals surface area contributed by atoms with E-state index in [0.29, 0.717) is 5.69 Å². The quantitative estimate of drug-likeness (QED) is 0.822. The summed E-state index contributed by atoms with van der Waals surface area (Å²) in [6.45, 7) is 7.22. The first-order valence-corrected chi connectivity index (χ1v) is 7.06. The van der Waals surface area contributed by atoms with Crippen molar-refractivity contribution in [2.24, 2.45) is 0 Å². The minimum Gasteiger partial charge on any atom is -0.373 e. The number of aromatic nitrogens is 1. The van der Waals surface area contributed by atoms with Crippen molar-refractivity contribution in [2.45, 2.75) is 46.1 Å². The Kier molecular flexibility index (Phi) is 6.33. The molecule has 0 fully saturated rings. The second-order valence-corrected chi connectivity index (χ2v) is 4.96. The highest BCUT2D eigenvalue weighted by molar-refractivity contribution is 5.92. The monoisotopic (exact) mass is 263 g/mol. The zero-order valence-corrected chi connectivity index (χ0v) is 12.4. The highest BCUT2D eigenvalue weighted by atomic mass is 16.1. The lowest BCUT2D eigenvalue weighted by atomic mass is 10.2. The van der Waals surface area contributed by atoms with Gasteiger partial charge in [-0.2, -0.15) is 0 Å². The van der Waals surface area contributed by atoms with Crippen molar-refractivity contribution in [2.75, 3.05) is 18.5 Å². The first-order chi connectivity index (χ1) is 9.08. The number of nitrogens with one attached hydrogen (secondary N) is 1. The van der Waals surface area contributed by atoms with E-state index in [9.17, 15) is 4.79 Å². The summed E-state index contributed by atoms with van der Waals surface area (Å²) < 4.78 is 0. The van der Waals surface area contributed by atoms with Gasteiger partial charge in [0.25, 0.3) is 5.91 Å². The lowest BCUT2D eigenvalue weighted by molar-refractivity contribution is 0.0934. The topological polar surface area (TPSA) is 45.2 Å². The molecule has 0 bridgehead atoms. The van der Waals surface area contributed by atoms with Crippen molar-refractivity contribution in [3.8, 4) is 0 Å². The van der Waals surface area contributed by atoms with Gasteiger partial charge in [-0.05, 0) is 31.9 Å². The summed E-state index contributed by atoms with van der Waals surface area (Å²) in [6.07, 6.45) is 5.02. The Labute approximate surface area is 116 Å². The molecule has 1 N–H and O–H groups in total. The number of amides is 1. The number of pyridine rings is 1. The molecule has 4 heteroatoms. The fraction of sp³-hybridized carbons (Fsp3) is 0.600. The molecule has 1 aromatic rings. The van der Waals surface area contributed by atoms with Gasteiger partial charge in [0.05, 0.1) is 11.9 Å². The number of unbranched alkanes of at least 4 members (excludes halogenated alkanes) is 1. The van der Waals surface area contributed by atoms with Crippen LogP contribution in [0.5, 0.6) is 0 Å². The van der Waals surface area contributed by atoms with Gasteiger partial charge in [0.2, 0.25) is 0 Å². The number of hydrogen-bond acceptors (Lipinski definition) is 3. The molecule has 0 saturated carbocycles. The van der Waals surface area contributed by atoms with Gasteiger partial charge in [-0.25, -0.2) is 4.98 Å². The van der Waals surface area contributed by atoms with Crippen molar-refractivity contribution in [3.05, 3.63) is 24.0 Å². The molecule has 0 saturated heterocycles. The summed E-state index contributed by atoms with van der Waals surface area (Å²) >= 11 is 0. The minimum atomic E-state index is -0.0999. The number of hydrogen-bond donors (Lipinski definition) is 1. The maximum atomic E-state index is 11.9. The van der Waals surface area contributed by atoms with Crippen molar-refractivity contribution in [1.29, 1.82) is 0 Å². The molecule has 0 aliphatic rings. The zero-order valence-electron chi connectivity index (χ0n) is 12.4. The molecule has 106 valence electrons. The van der Waals surface area contributed by atoms with Crippen LogP contribution in [0.15, 0.2) is 18.3 Å². The van der Waals surface area contributed by atoms with Crippen LogP contribution in [-0.2, 0) is 0 Å². The van der Waals surface area contributed by atoms with Gasteiger partial charge in [-0.3, -0.25) is 4.79 Å². The third-order valence-electron chi connectivity index (χ3n) is 3.26. The smallest absolute Gasteiger partial charge is 0.270 e. The molecule has 1 unspecified atom stereocenters. The largest absolute Gasteiger partial charge is 0.373 e. The van der Waals surface area contributed by atoms with Crippen LogP contribution in [0.4, 0.5) is 5.69 Å². The van der Waals surface area contributed by atoms with Gasteiger partial charge in [0, 0.05) is 19.6 Å². The van der Waals surface area contributed by atoms with E-state index in [2.05, 4.69) is 22.1 Å². The molecule has 0 radical (unpaired) electrons. The van der Waals surface area contributed by atoms with Crippen LogP contribution in [-0.4, -0.2) is 30.5 Å². The van der Waals surface area contributed by atoms with E-state index in [1.165, 1.54) is 6.42 Å². The number of carbonyl (C=O) groups excluding carboxylic acids is 1. The molecule has 19 heavy (non-hydrogen) atoms. The van der Waals surface area contributed by atoms with Gasteiger partial charge in [-0.15, -0.1) is 0 Å². The second-order valence-electron chi connectivity index (χ2n) is 4.96. The fourth-order valence-electron chi connectivity index (χ4n) is 1.67. The Bertz CT molecular complexity index is 389. The van der Waals surface area contributed by atoms with Crippen LogP contribution in [0.3, 0.4) is 0 Å². The number of nitrogens with zero attached hydrogens (tertiary/aromatic N) is 2. The van der Waals surface area contributed by atoms with Crippen LogP contribution >= 0.6 is 0 Å². The van der Waals surface area contributed by atoms with Crippen LogP contribution in [0.25, 0.3) is 0 Å². The summed E-state index contributed by atoms with van der Waals surface area (Å²) in [6, 6.07) is 3.92. The SMILES string of the molecule is CCCCN(C)c1ccc(C(=O)NC(C)CC)nc1. The van der Waals surface area contributed by atoms with Crippen molar-refractivity contribution in [3.63, 3.8) is 0 Å². The van der Waals surface area contributed by atoms with Gasteiger partial charge in [0.1, 0.15) is 5.69 Å². The number of anilines is 1. The van der Waals surface area contributed by atoms with E-state index in [1.807, 2.05) is 27.0 Å². The van der Waals surface area contributed by atoms with E-state index in [-0.39, 0.29) is 11.9 Å². The molecule has 0 spiro atoms. The van der Waals surface area contributed by atoms with Crippen LogP contribution in [0, 0.1) is 0 Å². The third kappa shape index (κ3) is 4.89. The molecule has 1 atom stereocenters. The molecule has 1 rings (SSSR count).